The molecule has 0 aromatic heterocycles. The predicted molar refractivity (Wildman–Crippen MR) is 112 cm³/mol. The first-order valence-corrected chi connectivity index (χ1v) is 10.1. The molecule has 2 N–H and O–H groups in total. The number of rotatable bonds is 4. The summed E-state index contributed by atoms with van der Waals surface area (Å²) >= 11 is 12.3. The van der Waals surface area contributed by atoms with E-state index in [1.54, 1.807) is 36.9 Å². The maximum atomic E-state index is 13.2. The SMILES string of the molecule is C[C@H]1c2cccc(C(C)(C)O)c2C[C@H](CO)N1C(=O)Cc1cc(Cl)ccc1Cl. The number of carbonyl (C=O) groups is 1. The molecule has 1 amide bonds. The van der Waals surface area contributed by atoms with Crippen LogP contribution in [-0.4, -0.2) is 33.7 Å². The Balaban J connectivity index is 1.96. The van der Waals surface area contributed by atoms with Gasteiger partial charge >= 0.3 is 0 Å². The van der Waals surface area contributed by atoms with Crippen LogP contribution in [0.4, 0.5) is 0 Å². The van der Waals surface area contributed by atoms with Crippen molar-refractivity contribution in [2.24, 2.45) is 0 Å². The number of halogens is 2. The molecule has 6 heteroatoms. The fourth-order valence-electron chi connectivity index (χ4n) is 4.10. The van der Waals surface area contributed by atoms with Crippen molar-refractivity contribution < 1.29 is 15.0 Å². The van der Waals surface area contributed by atoms with Crippen molar-refractivity contribution in [3.8, 4) is 0 Å². The zero-order chi connectivity index (χ0) is 20.6. The molecule has 2 atom stereocenters. The van der Waals surface area contributed by atoms with Crippen LogP contribution in [0.1, 0.15) is 49.1 Å². The summed E-state index contributed by atoms with van der Waals surface area (Å²) in [5.41, 5.74) is 2.51. The normalized spacial score (nSPS) is 19.5. The lowest BCUT2D eigenvalue weighted by Crippen LogP contribution is -2.49. The van der Waals surface area contributed by atoms with E-state index in [1.165, 1.54) is 0 Å². The minimum atomic E-state index is -0.994. The van der Waals surface area contributed by atoms with Crippen molar-refractivity contribution in [1.82, 2.24) is 4.90 Å². The van der Waals surface area contributed by atoms with Crippen LogP contribution in [0.5, 0.6) is 0 Å². The lowest BCUT2D eigenvalue weighted by Gasteiger charge is -2.43. The van der Waals surface area contributed by atoms with Gasteiger partial charge in [-0.1, -0.05) is 41.4 Å². The van der Waals surface area contributed by atoms with Gasteiger partial charge in [0.05, 0.1) is 30.7 Å². The molecule has 0 saturated heterocycles. The van der Waals surface area contributed by atoms with E-state index in [9.17, 15) is 15.0 Å². The Bertz CT molecular complexity index is 892. The van der Waals surface area contributed by atoms with Gasteiger partial charge in [-0.2, -0.15) is 0 Å². The van der Waals surface area contributed by atoms with E-state index >= 15 is 0 Å². The molecule has 0 fully saturated rings. The maximum Gasteiger partial charge on any atom is 0.227 e. The van der Waals surface area contributed by atoms with Crippen molar-refractivity contribution in [3.63, 3.8) is 0 Å². The van der Waals surface area contributed by atoms with E-state index in [0.717, 1.165) is 16.7 Å². The van der Waals surface area contributed by atoms with E-state index in [0.29, 0.717) is 22.0 Å². The monoisotopic (exact) mass is 421 g/mol. The van der Waals surface area contributed by atoms with Gasteiger partial charge in [0.1, 0.15) is 0 Å². The lowest BCUT2D eigenvalue weighted by atomic mass is 9.81. The third-order valence-corrected chi connectivity index (χ3v) is 6.02. The molecule has 1 aliphatic heterocycles. The van der Waals surface area contributed by atoms with Gasteiger partial charge in [0.2, 0.25) is 5.91 Å². The molecule has 1 heterocycles. The second-order valence-electron chi connectivity index (χ2n) is 7.86. The van der Waals surface area contributed by atoms with Crippen LogP contribution < -0.4 is 0 Å². The van der Waals surface area contributed by atoms with Gasteiger partial charge in [0.25, 0.3) is 0 Å². The van der Waals surface area contributed by atoms with Crippen LogP contribution in [0.3, 0.4) is 0 Å². The molecule has 4 nitrogen and oxygen atoms in total. The molecule has 28 heavy (non-hydrogen) atoms. The largest absolute Gasteiger partial charge is 0.394 e. The van der Waals surface area contributed by atoms with Crippen LogP contribution >= 0.6 is 23.2 Å². The zero-order valence-electron chi connectivity index (χ0n) is 16.2. The number of aliphatic hydroxyl groups is 2. The number of carbonyl (C=O) groups excluding carboxylic acids is 1. The highest BCUT2D eigenvalue weighted by Gasteiger charge is 2.37. The van der Waals surface area contributed by atoms with E-state index in [2.05, 4.69) is 0 Å². The van der Waals surface area contributed by atoms with Crippen molar-refractivity contribution in [3.05, 3.63) is 68.7 Å². The molecule has 0 spiro atoms. The average Bonchev–Trinajstić information content (AvgIpc) is 2.63. The van der Waals surface area contributed by atoms with Crippen molar-refractivity contribution in [1.29, 1.82) is 0 Å². The molecule has 0 unspecified atom stereocenters. The first-order chi connectivity index (χ1) is 13.1. The number of amides is 1. The average molecular weight is 422 g/mol. The van der Waals surface area contributed by atoms with E-state index in [1.807, 2.05) is 25.1 Å². The molecule has 150 valence electrons. The van der Waals surface area contributed by atoms with Gasteiger partial charge in [-0.15, -0.1) is 0 Å². The summed E-state index contributed by atoms with van der Waals surface area (Å²) in [6, 6.07) is 10.3. The Morgan fingerprint density at radius 2 is 1.96 bits per heavy atom. The summed E-state index contributed by atoms with van der Waals surface area (Å²) < 4.78 is 0. The third-order valence-electron chi connectivity index (χ3n) is 5.42. The van der Waals surface area contributed by atoms with Gasteiger partial charge in [0, 0.05) is 10.0 Å². The Hall–Kier alpha value is -1.59. The van der Waals surface area contributed by atoms with E-state index < -0.39 is 5.60 Å². The second-order valence-corrected chi connectivity index (χ2v) is 8.71. The Morgan fingerprint density at radius 3 is 2.61 bits per heavy atom. The predicted octanol–water partition coefficient (Wildman–Crippen LogP) is 4.27. The Labute approximate surface area is 175 Å². The first-order valence-electron chi connectivity index (χ1n) is 9.34. The van der Waals surface area contributed by atoms with E-state index in [4.69, 9.17) is 23.2 Å². The molecular weight excluding hydrogens is 397 g/mol. The molecule has 0 aliphatic carbocycles. The molecule has 1 aliphatic rings. The summed E-state index contributed by atoms with van der Waals surface area (Å²) in [6.07, 6.45) is 0.603. The summed E-state index contributed by atoms with van der Waals surface area (Å²) in [6.45, 7) is 5.30. The highest BCUT2D eigenvalue weighted by atomic mass is 35.5. The van der Waals surface area contributed by atoms with Crippen LogP contribution in [0.25, 0.3) is 0 Å². The number of benzene rings is 2. The zero-order valence-corrected chi connectivity index (χ0v) is 17.8. The topological polar surface area (TPSA) is 60.8 Å². The van der Waals surface area contributed by atoms with Crippen LogP contribution in [0, 0.1) is 0 Å². The van der Waals surface area contributed by atoms with Gasteiger partial charge in [-0.3, -0.25) is 4.79 Å². The quantitative estimate of drug-likeness (QED) is 0.774. The van der Waals surface area contributed by atoms with Crippen molar-refractivity contribution in [2.45, 2.75) is 51.3 Å². The number of fused-ring (bicyclic) bond motifs is 1. The summed E-state index contributed by atoms with van der Waals surface area (Å²) in [5.74, 6) is -0.116. The van der Waals surface area contributed by atoms with Gasteiger partial charge in [-0.25, -0.2) is 0 Å². The van der Waals surface area contributed by atoms with Gasteiger partial charge in [-0.05, 0) is 67.6 Å². The van der Waals surface area contributed by atoms with Crippen molar-refractivity contribution in [2.75, 3.05) is 6.61 Å². The number of hydrogen-bond acceptors (Lipinski definition) is 3. The minimum absolute atomic E-state index is 0.112. The van der Waals surface area contributed by atoms with Gasteiger partial charge in [0.15, 0.2) is 0 Å². The minimum Gasteiger partial charge on any atom is -0.394 e. The van der Waals surface area contributed by atoms with Crippen LogP contribution in [0.15, 0.2) is 36.4 Å². The fraction of sp³-hybridized carbons (Fsp3) is 0.409. The highest BCUT2D eigenvalue weighted by Crippen LogP contribution is 2.38. The molecule has 2 aromatic rings. The maximum absolute atomic E-state index is 13.2. The van der Waals surface area contributed by atoms with E-state index in [-0.39, 0.29) is 31.0 Å². The molecule has 3 rings (SSSR count). The smallest absolute Gasteiger partial charge is 0.227 e. The molecule has 2 aromatic carbocycles. The Kier molecular flexibility index (Phi) is 6.06. The molecule has 0 saturated carbocycles. The second kappa shape index (κ2) is 8.03. The summed E-state index contributed by atoms with van der Waals surface area (Å²) in [7, 11) is 0. The summed E-state index contributed by atoms with van der Waals surface area (Å²) in [4.78, 5) is 14.9. The highest BCUT2D eigenvalue weighted by molar-refractivity contribution is 6.33. The first kappa shape index (κ1) is 21.1. The van der Waals surface area contributed by atoms with Crippen molar-refractivity contribution >= 4 is 29.1 Å². The fourth-order valence-corrected chi connectivity index (χ4v) is 4.48. The standard InChI is InChI=1S/C22H25Cl2NO3/c1-13-17-5-4-6-19(22(2,3)28)18(17)11-16(12-26)25(13)21(27)10-14-9-15(23)7-8-20(14)24/h4-9,13,16,26,28H,10-12H2,1-3H3/t13-,16+/m0/s1. The molecule has 0 radical (unpaired) electrons. The number of aliphatic hydroxyl groups excluding tert-OH is 1. The third kappa shape index (κ3) is 4.06. The molecular formula is C22H25Cl2NO3. The van der Waals surface area contributed by atoms with Crippen LogP contribution in [-0.2, 0) is 23.2 Å². The number of nitrogens with zero attached hydrogens (tertiary/aromatic N) is 1. The summed E-state index contributed by atoms with van der Waals surface area (Å²) in [5, 5.41) is 21.6. The van der Waals surface area contributed by atoms with Gasteiger partial charge < -0.3 is 15.1 Å². The lowest BCUT2D eigenvalue weighted by molar-refractivity contribution is -0.137. The van der Waals surface area contributed by atoms with Crippen LogP contribution in [0.2, 0.25) is 10.0 Å². The number of hydrogen-bond donors (Lipinski definition) is 2. The molecule has 0 bridgehead atoms. The Morgan fingerprint density at radius 1 is 1.25 bits per heavy atom.